The molecule has 1 aliphatic carbocycles. The Morgan fingerprint density at radius 1 is 1.35 bits per heavy atom. The maximum atomic E-state index is 10.9. The van der Waals surface area contributed by atoms with Crippen LogP contribution in [0.4, 0.5) is 0 Å². The zero-order valence-corrected chi connectivity index (χ0v) is 9.76. The van der Waals surface area contributed by atoms with Gasteiger partial charge in [-0.3, -0.25) is 0 Å². The highest BCUT2D eigenvalue weighted by molar-refractivity contribution is 5.75. The number of aliphatic carboxylic acids is 1. The van der Waals surface area contributed by atoms with Crippen LogP contribution < -0.4 is 0 Å². The third-order valence-corrected chi connectivity index (χ3v) is 3.51. The maximum absolute atomic E-state index is 10.9. The van der Waals surface area contributed by atoms with Crippen molar-refractivity contribution < 1.29 is 15.0 Å². The van der Waals surface area contributed by atoms with Crippen molar-refractivity contribution in [2.24, 2.45) is 5.41 Å². The van der Waals surface area contributed by atoms with Gasteiger partial charge in [0.2, 0.25) is 0 Å². The van der Waals surface area contributed by atoms with E-state index >= 15 is 0 Å². The minimum absolute atomic E-state index is 0.540. The van der Waals surface area contributed by atoms with Gasteiger partial charge >= 0.3 is 5.97 Å². The summed E-state index contributed by atoms with van der Waals surface area (Å²) >= 11 is 0. The minimum Gasteiger partial charge on any atom is -0.479 e. The van der Waals surface area contributed by atoms with E-state index in [0.29, 0.717) is 0 Å². The number of benzene rings is 1. The Kier molecular flexibility index (Phi) is 3.03. The smallest absolute Gasteiger partial charge is 0.333 e. The number of hydrogen-bond acceptors (Lipinski definition) is 2. The van der Waals surface area contributed by atoms with Crippen LogP contribution in [0.2, 0.25) is 0 Å². The summed E-state index contributed by atoms with van der Waals surface area (Å²) in [6, 6.07) is 9.74. The van der Waals surface area contributed by atoms with E-state index in [0.717, 1.165) is 24.0 Å². The molecule has 2 N–H and O–H groups in total. The molecule has 0 amide bonds. The van der Waals surface area contributed by atoms with Gasteiger partial charge in [0.1, 0.15) is 0 Å². The molecule has 90 valence electrons. The van der Waals surface area contributed by atoms with Gasteiger partial charge in [0.15, 0.2) is 6.10 Å². The van der Waals surface area contributed by atoms with E-state index < -0.39 is 17.5 Å². The summed E-state index contributed by atoms with van der Waals surface area (Å²) in [5, 5.41) is 18.6. The van der Waals surface area contributed by atoms with Crippen molar-refractivity contribution in [3.8, 4) is 0 Å². The molecule has 3 nitrogen and oxygen atoms in total. The van der Waals surface area contributed by atoms with Crippen LogP contribution in [0, 0.1) is 5.41 Å². The zero-order valence-electron chi connectivity index (χ0n) is 9.76. The molecule has 1 aliphatic rings. The summed E-state index contributed by atoms with van der Waals surface area (Å²) in [6.45, 7) is 1.90. The Hall–Kier alpha value is -1.61. The van der Waals surface area contributed by atoms with Crippen LogP contribution in [-0.2, 0) is 4.79 Å². The lowest BCUT2D eigenvalue weighted by molar-refractivity contribution is -0.149. The lowest BCUT2D eigenvalue weighted by atomic mass is 9.89. The third kappa shape index (κ3) is 2.24. The van der Waals surface area contributed by atoms with Crippen LogP contribution in [0.5, 0.6) is 0 Å². The second kappa shape index (κ2) is 4.34. The van der Waals surface area contributed by atoms with Crippen molar-refractivity contribution in [3.05, 3.63) is 41.5 Å². The highest BCUT2D eigenvalue weighted by Crippen LogP contribution is 2.55. The number of carboxylic acids is 1. The average Bonchev–Trinajstić information content (AvgIpc) is 3.10. The molecule has 17 heavy (non-hydrogen) atoms. The first-order chi connectivity index (χ1) is 8.06. The molecule has 2 rings (SSSR count). The Bertz CT molecular complexity index is 444. The molecular weight excluding hydrogens is 216 g/mol. The number of rotatable bonds is 4. The number of aliphatic hydroxyl groups is 1. The highest BCUT2D eigenvalue weighted by Gasteiger charge is 2.53. The van der Waals surface area contributed by atoms with Gasteiger partial charge in [-0.2, -0.15) is 0 Å². The van der Waals surface area contributed by atoms with Gasteiger partial charge in [0.05, 0.1) is 0 Å². The van der Waals surface area contributed by atoms with Gasteiger partial charge in [0, 0.05) is 5.41 Å². The van der Waals surface area contributed by atoms with Gasteiger partial charge in [-0.25, -0.2) is 4.79 Å². The summed E-state index contributed by atoms with van der Waals surface area (Å²) in [6.07, 6.45) is 2.16. The lowest BCUT2D eigenvalue weighted by Gasteiger charge is -2.19. The first-order valence-corrected chi connectivity index (χ1v) is 5.71. The molecular formula is C14H16O3. The van der Waals surface area contributed by atoms with Crippen LogP contribution in [0.1, 0.15) is 25.3 Å². The molecule has 1 aromatic carbocycles. The molecule has 0 aliphatic heterocycles. The molecule has 0 bridgehead atoms. The summed E-state index contributed by atoms with van der Waals surface area (Å²) in [7, 11) is 0. The molecule has 0 aromatic heterocycles. The quantitative estimate of drug-likeness (QED) is 0.837. The summed E-state index contributed by atoms with van der Waals surface area (Å²) in [4.78, 5) is 10.9. The first-order valence-electron chi connectivity index (χ1n) is 5.71. The summed E-state index contributed by atoms with van der Waals surface area (Å²) in [5.41, 5.74) is 1.44. The number of carbonyl (C=O) groups is 1. The Labute approximate surface area is 100 Å². The largest absolute Gasteiger partial charge is 0.479 e. The Morgan fingerprint density at radius 2 is 1.94 bits per heavy atom. The Morgan fingerprint density at radius 3 is 2.41 bits per heavy atom. The summed E-state index contributed by atoms with van der Waals surface area (Å²) < 4.78 is 0. The molecule has 0 spiro atoms. The molecule has 1 atom stereocenters. The molecule has 1 aromatic rings. The van der Waals surface area contributed by atoms with Gasteiger partial charge in [-0.15, -0.1) is 0 Å². The molecule has 1 unspecified atom stereocenters. The van der Waals surface area contributed by atoms with E-state index in [1.54, 1.807) is 0 Å². The Balaban J connectivity index is 2.23. The van der Waals surface area contributed by atoms with Crippen LogP contribution in [0.3, 0.4) is 0 Å². The van der Waals surface area contributed by atoms with Crippen molar-refractivity contribution in [2.45, 2.75) is 25.9 Å². The van der Waals surface area contributed by atoms with Gasteiger partial charge in [-0.05, 0) is 25.3 Å². The van der Waals surface area contributed by atoms with Crippen molar-refractivity contribution >= 4 is 12.0 Å². The maximum Gasteiger partial charge on any atom is 0.333 e. The molecule has 1 saturated carbocycles. The predicted octanol–water partition coefficient (Wildman–Crippen LogP) is 2.32. The number of carboxylic acid groups (broad SMARTS) is 1. The van der Waals surface area contributed by atoms with E-state index in [4.69, 9.17) is 5.11 Å². The lowest BCUT2D eigenvalue weighted by Crippen LogP contribution is -2.31. The zero-order chi connectivity index (χ0) is 12.5. The van der Waals surface area contributed by atoms with Gasteiger partial charge < -0.3 is 10.2 Å². The van der Waals surface area contributed by atoms with Crippen molar-refractivity contribution in [1.82, 2.24) is 0 Å². The fourth-order valence-electron chi connectivity index (χ4n) is 2.20. The third-order valence-electron chi connectivity index (χ3n) is 3.51. The highest BCUT2D eigenvalue weighted by atomic mass is 16.4. The van der Waals surface area contributed by atoms with E-state index in [9.17, 15) is 9.90 Å². The first kappa shape index (κ1) is 11.9. The predicted molar refractivity (Wildman–Crippen MR) is 65.4 cm³/mol. The monoisotopic (exact) mass is 232 g/mol. The fourth-order valence-corrected chi connectivity index (χ4v) is 2.20. The fraction of sp³-hybridized carbons (Fsp3) is 0.357. The second-order valence-electron chi connectivity index (χ2n) is 4.63. The minimum atomic E-state index is -1.29. The molecule has 0 radical (unpaired) electrons. The van der Waals surface area contributed by atoms with Crippen LogP contribution in [-0.4, -0.2) is 22.3 Å². The molecule has 0 heterocycles. The van der Waals surface area contributed by atoms with E-state index in [-0.39, 0.29) is 0 Å². The van der Waals surface area contributed by atoms with Crippen LogP contribution in [0.25, 0.3) is 6.08 Å². The van der Waals surface area contributed by atoms with E-state index in [1.807, 2.05) is 43.3 Å². The average molecular weight is 232 g/mol. The molecule has 1 fully saturated rings. The van der Waals surface area contributed by atoms with Gasteiger partial charge in [0.25, 0.3) is 0 Å². The van der Waals surface area contributed by atoms with E-state index in [2.05, 4.69) is 0 Å². The summed E-state index contributed by atoms with van der Waals surface area (Å²) in [5.74, 6) is -1.14. The topological polar surface area (TPSA) is 57.5 Å². The molecule has 3 heteroatoms. The SMILES string of the molecule is C/C(=C\c1ccccc1)C1(C(O)C(=O)O)CC1. The van der Waals surface area contributed by atoms with Crippen LogP contribution in [0.15, 0.2) is 35.9 Å². The molecule has 0 saturated heterocycles. The normalized spacial score (nSPS) is 19.8. The van der Waals surface area contributed by atoms with E-state index in [1.165, 1.54) is 0 Å². The standard InChI is InChI=1S/C14H16O3/c1-10(9-11-5-3-2-4-6-11)14(7-8-14)12(15)13(16)17/h2-6,9,12,15H,7-8H2,1H3,(H,16,17)/b10-9+. The van der Waals surface area contributed by atoms with Crippen molar-refractivity contribution in [2.75, 3.05) is 0 Å². The second-order valence-corrected chi connectivity index (χ2v) is 4.63. The van der Waals surface area contributed by atoms with Crippen molar-refractivity contribution in [3.63, 3.8) is 0 Å². The van der Waals surface area contributed by atoms with Crippen LogP contribution >= 0.6 is 0 Å². The number of hydrogen-bond donors (Lipinski definition) is 2. The van der Waals surface area contributed by atoms with Crippen molar-refractivity contribution in [1.29, 1.82) is 0 Å². The number of aliphatic hydroxyl groups excluding tert-OH is 1. The van der Waals surface area contributed by atoms with Gasteiger partial charge in [-0.1, -0.05) is 42.0 Å².